The molecule has 64 valence electrons. The van der Waals surface area contributed by atoms with E-state index in [1.54, 1.807) is 12.8 Å². The average molecular weight is 152 g/mol. The highest BCUT2D eigenvalue weighted by molar-refractivity contribution is 4.89. The predicted molar refractivity (Wildman–Crippen MR) is 48.5 cm³/mol. The fraction of sp³-hybridized carbons (Fsp3) is 1.00. The molecule has 2 saturated carbocycles. The normalized spacial score (nSPS) is 45.0. The van der Waals surface area contributed by atoms with E-state index in [2.05, 4.69) is 6.92 Å². The van der Waals surface area contributed by atoms with Gasteiger partial charge < -0.3 is 0 Å². The SMILES string of the molecule is CC1CCCCCCC2CC12. The van der Waals surface area contributed by atoms with Gasteiger partial charge in [-0.05, 0) is 24.2 Å². The van der Waals surface area contributed by atoms with Crippen molar-refractivity contribution in [3.8, 4) is 0 Å². The van der Waals surface area contributed by atoms with Gasteiger partial charge in [0.1, 0.15) is 0 Å². The molecule has 3 atom stereocenters. The topological polar surface area (TPSA) is 0 Å². The maximum atomic E-state index is 2.47. The van der Waals surface area contributed by atoms with E-state index in [9.17, 15) is 0 Å². The summed E-state index contributed by atoms with van der Waals surface area (Å²) in [5.74, 6) is 3.36. The molecule has 2 aliphatic rings. The molecule has 0 nitrogen and oxygen atoms in total. The third-order valence-electron chi connectivity index (χ3n) is 3.69. The van der Waals surface area contributed by atoms with Crippen LogP contribution in [-0.2, 0) is 0 Å². The molecule has 0 heteroatoms. The molecule has 2 rings (SSSR count). The van der Waals surface area contributed by atoms with Gasteiger partial charge in [-0.2, -0.15) is 0 Å². The predicted octanol–water partition coefficient (Wildman–Crippen LogP) is 3.61. The minimum absolute atomic E-state index is 1.05. The van der Waals surface area contributed by atoms with Crippen LogP contribution in [0.3, 0.4) is 0 Å². The van der Waals surface area contributed by atoms with E-state index < -0.39 is 0 Å². The Hall–Kier alpha value is 0. The molecule has 3 unspecified atom stereocenters. The summed E-state index contributed by atoms with van der Waals surface area (Å²) in [5, 5.41) is 0. The van der Waals surface area contributed by atoms with Crippen LogP contribution in [0.5, 0.6) is 0 Å². The van der Waals surface area contributed by atoms with E-state index in [0.717, 1.165) is 17.8 Å². The minimum Gasteiger partial charge on any atom is -0.0622 e. The van der Waals surface area contributed by atoms with Gasteiger partial charge in [0, 0.05) is 0 Å². The summed E-state index contributed by atoms with van der Waals surface area (Å²) in [6, 6.07) is 0. The third kappa shape index (κ3) is 1.77. The molecule has 0 amide bonds. The molecule has 0 radical (unpaired) electrons. The van der Waals surface area contributed by atoms with Gasteiger partial charge in [0.05, 0.1) is 0 Å². The Bertz CT molecular complexity index is 128. The second-order valence-electron chi connectivity index (χ2n) is 4.63. The summed E-state index contributed by atoms with van der Waals surface area (Å²) in [5.41, 5.74) is 0. The van der Waals surface area contributed by atoms with Crippen molar-refractivity contribution in [3.63, 3.8) is 0 Å². The highest BCUT2D eigenvalue weighted by Crippen LogP contribution is 2.49. The first kappa shape index (κ1) is 7.64. The molecule has 0 bridgehead atoms. The Kier molecular flexibility index (Phi) is 2.20. The van der Waals surface area contributed by atoms with Crippen LogP contribution in [0.2, 0.25) is 0 Å². The molecule has 0 N–H and O–H groups in total. The molecule has 0 aliphatic heterocycles. The lowest BCUT2D eigenvalue weighted by Crippen LogP contribution is -1.97. The van der Waals surface area contributed by atoms with E-state index in [0.29, 0.717) is 0 Å². The van der Waals surface area contributed by atoms with Crippen LogP contribution < -0.4 is 0 Å². The van der Waals surface area contributed by atoms with Gasteiger partial charge in [0.25, 0.3) is 0 Å². The third-order valence-corrected chi connectivity index (χ3v) is 3.69. The Morgan fingerprint density at radius 1 is 0.909 bits per heavy atom. The van der Waals surface area contributed by atoms with Crippen LogP contribution in [-0.4, -0.2) is 0 Å². The van der Waals surface area contributed by atoms with Gasteiger partial charge in [-0.25, -0.2) is 0 Å². The van der Waals surface area contributed by atoms with Crippen LogP contribution in [0.25, 0.3) is 0 Å². The van der Waals surface area contributed by atoms with E-state index >= 15 is 0 Å². The van der Waals surface area contributed by atoms with E-state index in [1.807, 2.05) is 0 Å². The maximum absolute atomic E-state index is 2.47. The van der Waals surface area contributed by atoms with Crippen LogP contribution in [0, 0.1) is 17.8 Å². The zero-order valence-corrected chi connectivity index (χ0v) is 7.68. The first-order valence-electron chi connectivity index (χ1n) is 5.38. The number of rotatable bonds is 0. The van der Waals surface area contributed by atoms with Crippen molar-refractivity contribution >= 4 is 0 Å². The molecule has 0 aromatic carbocycles. The molecule has 2 aliphatic carbocycles. The second kappa shape index (κ2) is 3.16. The van der Waals surface area contributed by atoms with Gasteiger partial charge in [-0.15, -0.1) is 0 Å². The zero-order valence-electron chi connectivity index (χ0n) is 7.68. The number of fused-ring (bicyclic) bond motifs is 1. The van der Waals surface area contributed by atoms with Gasteiger partial charge in [-0.3, -0.25) is 0 Å². The largest absolute Gasteiger partial charge is 0.0622 e. The highest BCUT2D eigenvalue weighted by atomic mass is 14.4. The first-order valence-corrected chi connectivity index (χ1v) is 5.38. The summed E-state index contributed by atoms with van der Waals surface area (Å²) < 4.78 is 0. The van der Waals surface area contributed by atoms with E-state index in [1.165, 1.54) is 32.1 Å². The van der Waals surface area contributed by atoms with Crippen molar-refractivity contribution in [2.24, 2.45) is 17.8 Å². The minimum atomic E-state index is 1.05. The fourth-order valence-corrected chi connectivity index (χ4v) is 2.74. The molecule has 2 fully saturated rings. The molecule has 0 aromatic heterocycles. The van der Waals surface area contributed by atoms with Crippen molar-refractivity contribution in [2.45, 2.75) is 51.9 Å². The number of hydrogen-bond acceptors (Lipinski definition) is 0. The molecule has 0 saturated heterocycles. The van der Waals surface area contributed by atoms with E-state index in [4.69, 9.17) is 0 Å². The van der Waals surface area contributed by atoms with Crippen molar-refractivity contribution < 1.29 is 0 Å². The monoisotopic (exact) mass is 152 g/mol. The van der Waals surface area contributed by atoms with Crippen molar-refractivity contribution in [2.75, 3.05) is 0 Å². The zero-order chi connectivity index (χ0) is 7.68. The lowest BCUT2D eigenvalue weighted by atomic mass is 9.98. The van der Waals surface area contributed by atoms with Gasteiger partial charge in [0.2, 0.25) is 0 Å². The summed E-state index contributed by atoms with van der Waals surface area (Å²) in [4.78, 5) is 0. The smallest absolute Gasteiger partial charge is 0.0357 e. The molecular weight excluding hydrogens is 132 g/mol. The summed E-state index contributed by atoms with van der Waals surface area (Å²) in [6.45, 7) is 2.47. The van der Waals surface area contributed by atoms with Crippen molar-refractivity contribution in [1.82, 2.24) is 0 Å². The lowest BCUT2D eigenvalue weighted by Gasteiger charge is -2.08. The summed E-state index contributed by atoms with van der Waals surface area (Å²) >= 11 is 0. The fourth-order valence-electron chi connectivity index (χ4n) is 2.74. The Morgan fingerprint density at radius 3 is 2.45 bits per heavy atom. The van der Waals surface area contributed by atoms with Crippen LogP contribution in [0.1, 0.15) is 51.9 Å². The Morgan fingerprint density at radius 2 is 1.64 bits per heavy atom. The number of hydrogen-bond donors (Lipinski definition) is 0. The molecule has 0 aromatic rings. The van der Waals surface area contributed by atoms with Crippen molar-refractivity contribution in [3.05, 3.63) is 0 Å². The van der Waals surface area contributed by atoms with Crippen molar-refractivity contribution in [1.29, 1.82) is 0 Å². The van der Waals surface area contributed by atoms with E-state index in [-0.39, 0.29) is 0 Å². The molecule has 0 heterocycles. The molecule has 11 heavy (non-hydrogen) atoms. The first-order chi connectivity index (χ1) is 5.38. The second-order valence-corrected chi connectivity index (χ2v) is 4.63. The molecule has 0 spiro atoms. The molecular formula is C11H20. The summed E-state index contributed by atoms with van der Waals surface area (Å²) in [7, 11) is 0. The summed E-state index contributed by atoms with van der Waals surface area (Å²) in [6.07, 6.45) is 10.7. The van der Waals surface area contributed by atoms with Gasteiger partial charge in [-0.1, -0.05) is 45.4 Å². The average Bonchev–Trinajstić information content (AvgIpc) is 2.74. The Labute approximate surface area is 70.4 Å². The van der Waals surface area contributed by atoms with Gasteiger partial charge >= 0.3 is 0 Å². The lowest BCUT2D eigenvalue weighted by molar-refractivity contribution is 0.432. The van der Waals surface area contributed by atoms with Gasteiger partial charge in [0.15, 0.2) is 0 Å². The Balaban J connectivity index is 1.85. The quantitative estimate of drug-likeness (QED) is 0.497. The van der Waals surface area contributed by atoms with Crippen LogP contribution in [0.4, 0.5) is 0 Å². The highest BCUT2D eigenvalue weighted by Gasteiger charge is 2.39. The van der Waals surface area contributed by atoms with Crippen LogP contribution in [0.15, 0.2) is 0 Å². The van der Waals surface area contributed by atoms with Crippen LogP contribution >= 0.6 is 0 Å². The standard InChI is InChI=1S/C11H20/c1-9-6-4-2-3-5-7-10-8-11(9)10/h9-11H,2-8H2,1H3. The maximum Gasteiger partial charge on any atom is -0.0357 e.